The summed E-state index contributed by atoms with van der Waals surface area (Å²) in [5, 5.41) is 2.81. The van der Waals surface area contributed by atoms with Crippen molar-refractivity contribution in [3.63, 3.8) is 0 Å². The Bertz CT molecular complexity index is 1220. The van der Waals surface area contributed by atoms with Gasteiger partial charge in [-0.05, 0) is 48.9 Å². The van der Waals surface area contributed by atoms with Crippen LogP contribution in [0.4, 0.5) is 5.69 Å². The summed E-state index contributed by atoms with van der Waals surface area (Å²) in [5.41, 5.74) is 2.43. The fourth-order valence-corrected chi connectivity index (χ4v) is 4.37. The van der Waals surface area contributed by atoms with Gasteiger partial charge in [0.15, 0.2) is 11.5 Å². The van der Waals surface area contributed by atoms with Crippen LogP contribution in [-0.4, -0.2) is 27.5 Å². The number of anilines is 1. The zero-order chi connectivity index (χ0) is 21.8. The summed E-state index contributed by atoms with van der Waals surface area (Å²) in [6.07, 6.45) is 0. The van der Waals surface area contributed by atoms with E-state index in [-0.39, 0.29) is 22.9 Å². The van der Waals surface area contributed by atoms with E-state index >= 15 is 0 Å². The number of amides is 1. The minimum absolute atomic E-state index is 0.00970. The molecule has 0 unspecified atom stereocenters. The average Bonchev–Trinajstić information content (AvgIpc) is 2.77. The first kappa shape index (κ1) is 20.7. The van der Waals surface area contributed by atoms with Crippen LogP contribution in [0.15, 0.2) is 71.6 Å². The van der Waals surface area contributed by atoms with Crippen LogP contribution in [0.5, 0.6) is 11.5 Å². The lowest BCUT2D eigenvalue weighted by atomic mass is 10.1. The Hall–Kier alpha value is -3.52. The van der Waals surface area contributed by atoms with Gasteiger partial charge in [-0.15, -0.1) is 0 Å². The monoisotopic (exact) mass is 438 g/mol. The van der Waals surface area contributed by atoms with Crippen molar-refractivity contribution >= 4 is 21.6 Å². The zero-order valence-corrected chi connectivity index (χ0v) is 17.7. The molecule has 1 heterocycles. The van der Waals surface area contributed by atoms with Gasteiger partial charge in [-0.2, -0.15) is 0 Å². The van der Waals surface area contributed by atoms with Gasteiger partial charge in [-0.3, -0.25) is 9.52 Å². The number of hydrogen-bond donors (Lipinski definition) is 2. The number of rotatable bonds is 6. The summed E-state index contributed by atoms with van der Waals surface area (Å²) in [4.78, 5) is 12.7. The van der Waals surface area contributed by atoms with Gasteiger partial charge in [0.05, 0.1) is 4.90 Å². The maximum Gasteiger partial charge on any atom is 0.261 e. The van der Waals surface area contributed by atoms with Crippen molar-refractivity contribution in [2.45, 2.75) is 18.4 Å². The van der Waals surface area contributed by atoms with Crippen LogP contribution < -0.4 is 19.5 Å². The first-order valence-corrected chi connectivity index (χ1v) is 11.3. The summed E-state index contributed by atoms with van der Waals surface area (Å²) in [6, 6.07) is 18.5. The summed E-state index contributed by atoms with van der Waals surface area (Å²) in [5.74, 6) is 0.878. The molecule has 4 rings (SSSR count). The molecular formula is C23H22N2O5S. The molecule has 0 atom stereocenters. The van der Waals surface area contributed by atoms with Crippen molar-refractivity contribution < 1.29 is 22.7 Å². The lowest BCUT2D eigenvalue weighted by Crippen LogP contribution is -2.24. The van der Waals surface area contributed by atoms with E-state index in [1.54, 1.807) is 30.3 Å². The van der Waals surface area contributed by atoms with Gasteiger partial charge in [-0.1, -0.05) is 30.3 Å². The second kappa shape index (κ2) is 8.69. The zero-order valence-electron chi connectivity index (χ0n) is 16.9. The van der Waals surface area contributed by atoms with E-state index in [0.717, 1.165) is 11.1 Å². The van der Waals surface area contributed by atoms with E-state index in [1.165, 1.54) is 12.1 Å². The molecule has 0 aromatic heterocycles. The Balaban J connectivity index is 1.48. The predicted octanol–water partition coefficient (Wildman–Crippen LogP) is 3.50. The van der Waals surface area contributed by atoms with E-state index < -0.39 is 10.0 Å². The molecular weight excluding hydrogens is 416 g/mol. The molecule has 0 radical (unpaired) electrons. The molecule has 2 N–H and O–H groups in total. The quantitative estimate of drug-likeness (QED) is 0.614. The summed E-state index contributed by atoms with van der Waals surface area (Å²) < 4.78 is 39.3. The Morgan fingerprint density at radius 3 is 2.58 bits per heavy atom. The first-order chi connectivity index (χ1) is 14.9. The van der Waals surface area contributed by atoms with Crippen molar-refractivity contribution in [1.82, 2.24) is 5.32 Å². The number of fused-ring (bicyclic) bond motifs is 1. The van der Waals surface area contributed by atoms with Crippen molar-refractivity contribution in [2.75, 3.05) is 17.9 Å². The molecule has 8 heteroatoms. The fourth-order valence-electron chi connectivity index (χ4n) is 3.28. The molecule has 0 saturated heterocycles. The maximum atomic E-state index is 12.8. The maximum absolute atomic E-state index is 12.8. The van der Waals surface area contributed by atoms with Crippen molar-refractivity contribution in [3.8, 4) is 11.5 Å². The Labute approximate surface area is 181 Å². The lowest BCUT2D eigenvalue weighted by molar-refractivity contribution is 0.0949. The number of para-hydroxylation sites is 1. The van der Waals surface area contributed by atoms with Crippen molar-refractivity contribution in [3.05, 3.63) is 83.4 Å². The predicted molar refractivity (Wildman–Crippen MR) is 117 cm³/mol. The molecule has 0 aliphatic carbocycles. The summed E-state index contributed by atoms with van der Waals surface area (Å²) >= 11 is 0. The van der Waals surface area contributed by atoms with E-state index in [4.69, 9.17) is 9.47 Å². The van der Waals surface area contributed by atoms with Gasteiger partial charge < -0.3 is 14.8 Å². The SMILES string of the molecule is Cc1cccc(NS(=O)(=O)c2cccc(C(=O)NCc3cccc4c3OCCO4)c2)c1. The van der Waals surface area contributed by atoms with Crippen LogP contribution in [0.3, 0.4) is 0 Å². The van der Waals surface area contributed by atoms with Gasteiger partial charge >= 0.3 is 0 Å². The summed E-state index contributed by atoms with van der Waals surface area (Å²) in [6.45, 7) is 3.04. The Morgan fingerprint density at radius 1 is 0.968 bits per heavy atom. The number of hydrogen-bond acceptors (Lipinski definition) is 5. The van der Waals surface area contributed by atoms with Crippen LogP contribution in [0.25, 0.3) is 0 Å². The lowest BCUT2D eigenvalue weighted by Gasteiger charge is -2.21. The highest BCUT2D eigenvalue weighted by atomic mass is 32.2. The van der Waals surface area contributed by atoms with Crippen LogP contribution >= 0.6 is 0 Å². The molecule has 0 saturated carbocycles. The third-order valence-electron chi connectivity index (χ3n) is 4.76. The number of carbonyl (C=O) groups excluding carboxylic acids is 1. The second-order valence-corrected chi connectivity index (χ2v) is 8.81. The molecule has 1 amide bonds. The summed E-state index contributed by atoms with van der Waals surface area (Å²) in [7, 11) is -3.83. The third kappa shape index (κ3) is 4.80. The van der Waals surface area contributed by atoms with Gasteiger partial charge in [0.2, 0.25) is 0 Å². The first-order valence-electron chi connectivity index (χ1n) is 9.78. The smallest absolute Gasteiger partial charge is 0.261 e. The molecule has 3 aromatic carbocycles. The number of nitrogens with one attached hydrogen (secondary N) is 2. The van der Waals surface area contributed by atoms with E-state index in [9.17, 15) is 13.2 Å². The molecule has 1 aliphatic heterocycles. The van der Waals surface area contributed by atoms with Gasteiger partial charge in [0, 0.05) is 23.4 Å². The van der Waals surface area contributed by atoms with Crippen molar-refractivity contribution in [1.29, 1.82) is 0 Å². The Kier molecular flexibility index (Phi) is 5.81. The van der Waals surface area contributed by atoms with E-state index in [1.807, 2.05) is 31.2 Å². The number of sulfonamides is 1. The largest absolute Gasteiger partial charge is 0.486 e. The highest BCUT2D eigenvalue weighted by molar-refractivity contribution is 7.92. The molecule has 160 valence electrons. The minimum Gasteiger partial charge on any atom is -0.486 e. The molecule has 0 fully saturated rings. The highest BCUT2D eigenvalue weighted by Gasteiger charge is 2.18. The van der Waals surface area contributed by atoms with Crippen LogP contribution in [-0.2, 0) is 16.6 Å². The number of aryl methyl sites for hydroxylation is 1. The van der Waals surface area contributed by atoms with Gasteiger partial charge in [0.1, 0.15) is 13.2 Å². The number of carbonyl (C=O) groups is 1. The molecule has 7 nitrogen and oxygen atoms in total. The standard InChI is InChI=1S/C23H22N2O5S/c1-16-5-2-8-19(13-16)25-31(27,28)20-9-3-6-17(14-20)23(26)24-15-18-7-4-10-21-22(18)30-12-11-29-21/h2-10,13-14,25H,11-12,15H2,1H3,(H,24,26). The molecule has 3 aromatic rings. The minimum atomic E-state index is -3.83. The van der Waals surface area contributed by atoms with Crippen LogP contribution in [0.2, 0.25) is 0 Å². The fraction of sp³-hybridized carbons (Fsp3) is 0.174. The van der Waals surface area contributed by atoms with Crippen molar-refractivity contribution in [2.24, 2.45) is 0 Å². The topological polar surface area (TPSA) is 93.7 Å². The normalized spacial score (nSPS) is 12.8. The molecule has 0 bridgehead atoms. The third-order valence-corrected chi connectivity index (χ3v) is 6.14. The molecule has 0 spiro atoms. The number of benzene rings is 3. The highest BCUT2D eigenvalue weighted by Crippen LogP contribution is 2.33. The van der Waals surface area contributed by atoms with E-state index in [0.29, 0.717) is 30.4 Å². The average molecular weight is 439 g/mol. The molecule has 31 heavy (non-hydrogen) atoms. The van der Waals surface area contributed by atoms with Crippen LogP contribution in [0.1, 0.15) is 21.5 Å². The van der Waals surface area contributed by atoms with E-state index in [2.05, 4.69) is 10.0 Å². The number of ether oxygens (including phenoxy) is 2. The molecule has 1 aliphatic rings. The Morgan fingerprint density at radius 2 is 1.74 bits per heavy atom. The van der Waals surface area contributed by atoms with Gasteiger partial charge in [-0.25, -0.2) is 8.42 Å². The van der Waals surface area contributed by atoms with Gasteiger partial charge in [0.25, 0.3) is 15.9 Å². The van der Waals surface area contributed by atoms with Crippen LogP contribution in [0, 0.1) is 6.92 Å². The second-order valence-electron chi connectivity index (χ2n) is 7.13.